The van der Waals surface area contributed by atoms with Crippen LogP contribution in [0.15, 0.2) is 5.38 Å². The summed E-state index contributed by atoms with van der Waals surface area (Å²) in [6.07, 6.45) is 2.21. The molecule has 5 nitrogen and oxygen atoms in total. The number of carbonyl (C=O) groups is 2. The molecule has 0 bridgehead atoms. The number of aromatic nitrogens is 1. The summed E-state index contributed by atoms with van der Waals surface area (Å²) in [6.45, 7) is 1.90. The smallest absolute Gasteiger partial charge is 0.306 e. The van der Waals surface area contributed by atoms with E-state index < -0.39 is 5.97 Å². The minimum Gasteiger partial charge on any atom is -0.481 e. The van der Waals surface area contributed by atoms with Gasteiger partial charge < -0.3 is 10.4 Å². The molecule has 1 aliphatic rings. The second-order valence-electron chi connectivity index (χ2n) is 4.65. The Kier molecular flexibility index (Phi) is 3.96. The van der Waals surface area contributed by atoms with Crippen LogP contribution in [0.25, 0.3) is 0 Å². The lowest BCUT2D eigenvalue weighted by molar-refractivity contribution is -0.141. The molecule has 1 aromatic rings. The number of aliphatic carboxylic acids is 1. The second kappa shape index (κ2) is 5.48. The Morgan fingerprint density at radius 2 is 2.33 bits per heavy atom. The van der Waals surface area contributed by atoms with Gasteiger partial charge in [0.15, 0.2) is 0 Å². The molecule has 0 radical (unpaired) electrons. The summed E-state index contributed by atoms with van der Waals surface area (Å²) in [4.78, 5) is 26.8. The first-order valence-corrected chi connectivity index (χ1v) is 6.85. The van der Waals surface area contributed by atoms with E-state index in [0.717, 1.165) is 17.1 Å². The molecule has 1 saturated carbocycles. The van der Waals surface area contributed by atoms with Crippen molar-refractivity contribution in [3.63, 3.8) is 0 Å². The molecule has 0 aromatic carbocycles. The van der Waals surface area contributed by atoms with E-state index in [-0.39, 0.29) is 24.3 Å². The molecular weight excluding hydrogens is 252 g/mol. The van der Waals surface area contributed by atoms with Crippen LogP contribution in [0.5, 0.6) is 0 Å². The summed E-state index contributed by atoms with van der Waals surface area (Å²) in [5.74, 6) is -1.14. The molecule has 18 heavy (non-hydrogen) atoms. The number of nitrogens with one attached hydrogen (secondary N) is 1. The number of carboxylic acids is 1. The first-order valence-electron chi connectivity index (χ1n) is 5.98. The number of aryl methyl sites for hydroxylation is 1. The van der Waals surface area contributed by atoms with Crippen LogP contribution in [0.4, 0.5) is 0 Å². The van der Waals surface area contributed by atoms with E-state index >= 15 is 0 Å². The zero-order valence-electron chi connectivity index (χ0n) is 10.2. The molecule has 2 unspecified atom stereocenters. The third-order valence-corrected chi connectivity index (χ3v) is 3.98. The standard InChI is InChI=1S/C12H16N2O3S/c1-7-13-10(6-18-7)5-11(15)14-9-3-2-8(4-9)12(16)17/h6,8-9H,2-5H2,1H3,(H,14,15)(H,16,17). The van der Waals surface area contributed by atoms with Gasteiger partial charge in [-0.15, -0.1) is 11.3 Å². The summed E-state index contributed by atoms with van der Waals surface area (Å²) in [6, 6.07) is -0.00154. The van der Waals surface area contributed by atoms with E-state index in [1.54, 1.807) is 0 Å². The van der Waals surface area contributed by atoms with Crippen molar-refractivity contribution in [3.8, 4) is 0 Å². The highest BCUT2D eigenvalue weighted by molar-refractivity contribution is 7.09. The molecule has 1 aliphatic carbocycles. The van der Waals surface area contributed by atoms with Gasteiger partial charge >= 0.3 is 5.97 Å². The van der Waals surface area contributed by atoms with Crippen LogP contribution in [-0.2, 0) is 16.0 Å². The molecule has 1 amide bonds. The topological polar surface area (TPSA) is 79.3 Å². The SMILES string of the molecule is Cc1nc(CC(=O)NC2CCC(C(=O)O)C2)cs1. The van der Waals surface area contributed by atoms with E-state index in [9.17, 15) is 9.59 Å². The predicted molar refractivity (Wildman–Crippen MR) is 67.5 cm³/mol. The monoisotopic (exact) mass is 268 g/mol. The third kappa shape index (κ3) is 3.29. The van der Waals surface area contributed by atoms with Gasteiger partial charge in [-0.3, -0.25) is 9.59 Å². The Bertz CT molecular complexity index is 458. The minimum absolute atomic E-state index is 0.00154. The van der Waals surface area contributed by atoms with Gasteiger partial charge in [0.1, 0.15) is 0 Å². The average molecular weight is 268 g/mol. The lowest BCUT2D eigenvalue weighted by atomic mass is 10.1. The number of carbonyl (C=O) groups excluding carboxylic acids is 1. The fourth-order valence-corrected chi connectivity index (χ4v) is 2.88. The van der Waals surface area contributed by atoms with Crippen molar-refractivity contribution in [2.75, 3.05) is 0 Å². The van der Waals surface area contributed by atoms with E-state index in [1.807, 2.05) is 12.3 Å². The summed E-state index contributed by atoms with van der Waals surface area (Å²) < 4.78 is 0. The number of amides is 1. The molecule has 1 fully saturated rings. The lowest BCUT2D eigenvalue weighted by Crippen LogP contribution is -2.34. The molecule has 2 atom stereocenters. The highest BCUT2D eigenvalue weighted by Gasteiger charge is 2.30. The normalized spacial score (nSPS) is 22.9. The maximum absolute atomic E-state index is 11.8. The van der Waals surface area contributed by atoms with Crippen LogP contribution in [0.2, 0.25) is 0 Å². The Morgan fingerprint density at radius 1 is 1.56 bits per heavy atom. The van der Waals surface area contributed by atoms with Gasteiger partial charge in [0.25, 0.3) is 0 Å². The maximum Gasteiger partial charge on any atom is 0.306 e. The Morgan fingerprint density at radius 3 is 2.89 bits per heavy atom. The number of rotatable bonds is 4. The summed E-state index contributed by atoms with van der Waals surface area (Å²) >= 11 is 1.52. The van der Waals surface area contributed by atoms with Crippen LogP contribution in [0, 0.1) is 12.8 Å². The molecule has 1 aromatic heterocycles. The first-order chi connectivity index (χ1) is 8.54. The average Bonchev–Trinajstić information content (AvgIpc) is 2.88. The van der Waals surface area contributed by atoms with Crippen molar-refractivity contribution in [3.05, 3.63) is 16.1 Å². The molecule has 98 valence electrons. The quantitative estimate of drug-likeness (QED) is 0.864. The number of hydrogen-bond acceptors (Lipinski definition) is 4. The molecule has 0 spiro atoms. The van der Waals surface area contributed by atoms with Crippen molar-refractivity contribution < 1.29 is 14.7 Å². The zero-order chi connectivity index (χ0) is 13.1. The van der Waals surface area contributed by atoms with E-state index in [1.165, 1.54) is 11.3 Å². The third-order valence-electron chi connectivity index (χ3n) is 3.16. The van der Waals surface area contributed by atoms with Crippen LogP contribution in [-0.4, -0.2) is 28.0 Å². The molecule has 2 N–H and O–H groups in total. The number of nitrogens with zero attached hydrogens (tertiary/aromatic N) is 1. The Labute approximate surface area is 109 Å². The second-order valence-corrected chi connectivity index (χ2v) is 5.71. The molecule has 0 aliphatic heterocycles. The first kappa shape index (κ1) is 13.0. The molecule has 0 saturated heterocycles. The van der Waals surface area contributed by atoms with Gasteiger partial charge in [-0.25, -0.2) is 4.98 Å². The van der Waals surface area contributed by atoms with Crippen molar-refractivity contribution in [1.82, 2.24) is 10.3 Å². The fraction of sp³-hybridized carbons (Fsp3) is 0.583. The van der Waals surface area contributed by atoms with Crippen LogP contribution >= 0.6 is 11.3 Å². The largest absolute Gasteiger partial charge is 0.481 e. The highest BCUT2D eigenvalue weighted by Crippen LogP contribution is 2.25. The van der Waals surface area contributed by atoms with Gasteiger partial charge in [-0.05, 0) is 26.2 Å². The maximum atomic E-state index is 11.8. The summed E-state index contributed by atoms with van der Waals surface area (Å²) in [5.41, 5.74) is 0.780. The number of thiazole rings is 1. The van der Waals surface area contributed by atoms with Gasteiger partial charge in [-0.2, -0.15) is 0 Å². The van der Waals surface area contributed by atoms with E-state index in [0.29, 0.717) is 12.8 Å². The van der Waals surface area contributed by atoms with Crippen LogP contribution in [0.1, 0.15) is 30.0 Å². The number of hydrogen-bond donors (Lipinski definition) is 2. The van der Waals surface area contributed by atoms with Crippen molar-refractivity contribution in [2.24, 2.45) is 5.92 Å². The van der Waals surface area contributed by atoms with E-state index in [4.69, 9.17) is 5.11 Å². The summed E-state index contributed by atoms with van der Waals surface area (Å²) in [7, 11) is 0. The van der Waals surface area contributed by atoms with E-state index in [2.05, 4.69) is 10.3 Å². The van der Waals surface area contributed by atoms with Crippen molar-refractivity contribution >= 4 is 23.2 Å². The molecular formula is C12H16N2O3S. The minimum atomic E-state index is -0.762. The molecule has 6 heteroatoms. The van der Waals surface area contributed by atoms with Gasteiger partial charge in [0.2, 0.25) is 5.91 Å². The number of carboxylic acid groups (broad SMARTS) is 1. The van der Waals surface area contributed by atoms with Crippen molar-refractivity contribution in [1.29, 1.82) is 0 Å². The predicted octanol–water partition coefficient (Wildman–Crippen LogP) is 1.36. The van der Waals surface area contributed by atoms with Gasteiger partial charge in [0, 0.05) is 11.4 Å². The van der Waals surface area contributed by atoms with Crippen LogP contribution < -0.4 is 5.32 Å². The summed E-state index contributed by atoms with van der Waals surface area (Å²) in [5, 5.41) is 14.6. The van der Waals surface area contributed by atoms with Gasteiger partial charge in [-0.1, -0.05) is 0 Å². The molecule has 1 heterocycles. The Balaban J connectivity index is 1.80. The van der Waals surface area contributed by atoms with Gasteiger partial charge in [0.05, 0.1) is 23.0 Å². The molecule has 2 rings (SSSR count). The van der Waals surface area contributed by atoms with Crippen LogP contribution in [0.3, 0.4) is 0 Å². The van der Waals surface area contributed by atoms with Crippen molar-refractivity contribution in [2.45, 2.75) is 38.6 Å². The Hall–Kier alpha value is -1.43. The zero-order valence-corrected chi connectivity index (χ0v) is 11.0. The fourth-order valence-electron chi connectivity index (χ4n) is 2.27. The highest BCUT2D eigenvalue weighted by atomic mass is 32.1. The lowest BCUT2D eigenvalue weighted by Gasteiger charge is -2.11.